The summed E-state index contributed by atoms with van der Waals surface area (Å²) >= 11 is 0. The van der Waals surface area contributed by atoms with Crippen molar-refractivity contribution in [1.29, 1.82) is 0 Å². The zero-order valence-corrected chi connectivity index (χ0v) is 11.7. The molecule has 1 aromatic heterocycles. The van der Waals surface area contributed by atoms with Crippen LogP contribution in [0, 0.1) is 0 Å². The van der Waals surface area contributed by atoms with Gasteiger partial charge in [0.25, 0.3) is 0 Å². The van der Waals surface area contributed by atoms with Crippen LogP contribution in [0.3, 0.4) is 0 Å². The molecule has 0 aliphatic rings. The summed E-state index contributed by atoms with van der Waals surface area (Å²) in [5.41, 5.74) is 7.82. The second kappa shape index (κ2) is 6.56. The lowest BCUT2D eigenvalue weighted by atomic mass is 10.1. The fourth-order valence-electron chi connectivity index (χ4n) is 1.65. The van der Waals surface area contributed by atoms with Crippen molar-refractivity contribution in [1.82, 2.24) is 14.7 Å². The Hall–Kier alpha value is -1.83. The lowest BCUT2D eigenvalue weighted by Gasteiger charge is -2.07. The predicted octanol–water partition coefficient (Wildman–Crippen LogP) is 0.555. The fraction of sp³-hybridized carbons (Fsp3) is 0.231. The molecule has 2 rings (SSSR count). The van der Waals surface area contributed by atoms with E-state index in [-0.39, 0.29) is 12.3 Å². The van der Waals surface area contributed by atoms with Crippen LogP contribution in [-0.2, 0) is 28.9 Å². The van der Waals surface area contributed by atoms with Gasteiger partial charge in [-0.25, -0.2) is 23.1 Å². The van der Waals surface area contributed by atoms with Gasteiger partial charge in [-0.3, -0.25) is 0 Å². The molecular weight excluding hydrogens is 276 g/mol. The van der Waals surface area contributed by atoms with E-state index < -0.39 is 10.0 Å². The summed E-state index contributed by atoms with van der Waals surface area (Å²) < 4.78 is 26.4. The molecule has 0 spiro atoms. The van der Waals surface area contributed by atoms with Gasteiger partial charge in [0.1, 0.15) is 6.33 Å². The van der Waals surface area contributed by atoms with Crippen LogP contribution in [-0.4, -0.2) is 18.4 Å². The van der Waals surface area contributed by atoms with E-state index in [4.69, 9.17) is 5.73 Å². The third-order valence-corrected chi connectivity index (χ3v) is 4.03. The molecule has 6 nitrogen and oxygen atoms in total. The van der Waals surface area contributed by atoms with Crippen LogP contribution < -0.4 is 10.5 Å². The number of hydrogen-bond donors (Lipinski definition) is 2. The molecule has 0 bridgehead atoms. The van der Waals surface area contributed by atoms with Gasteiger partial charge in [-0.15, -0.1) is 0 Å². The lowest BCUT2D eigenvalue weighted by Crippen LogP contribution is -2.25. The lowest BCUT2D eigenvalue weighted by molar-refractivity contribution is 0.579. The largest absolute Gasteiger partial charge is 0.326 e. The van der Waals surface area contributed by atoms with Gasteiger partial charge in [-0.05, 0) is 17.2 Å². The number of nitrogens with one attached hydrogen (secondary N) is 1. The summed E-state index contributed by atoms with van der Waals surface area (Å²) in [7, 11) is -3.39. The van der Waals surface area contributed by atoms with Gasteiger partial charge in [0.2, 0.25) is 10.0 Å². The first-order valence-corrected chi connectivity index (χ1v) is 7.74. The highest BCUT2D eigenvalue weighted by Crippen LogP contribution is 2.07. The molecule has 0 aliphatic carbocycles. The minimum Gasteiger partial charge on any atom is -0.326 e. The Balaban J connectivity index is 1.96. The number of aromatic nitrogens is 2. The maximum absolute atomic E-state index is 11.9. The fourth-order valence-corrected chi connectivity index (χ4v) is 2.75. The maximum Gasteiger partial charge on any atom is 0.216 e. The molecule has 106 valence electrons. The summed E-state index contributed by atoms with van der Waals surface area (Å²) in [6.07, 6.45) is 2.96. The molecule has 0 unspecified atom stereocenters. The van der Waals surface area contributed by atoms with Gasteiger partial charge in [-0.1, -0.05) is 24.3 Å². The zero-order chi connectivity index (χ0) is 14.4. The van der Waals surface area contributed by atoms with Crippen LogP contribution in [0.5, 0.6) is 0 Å². The summed E-state index contributed by atoms with van der Waals surface area (Å²) in [4.78, 5) is 7.73. The molecule has 20 heavy (non-hydrogen) atoms. The number of nitrogens with zero attached hydrogens (tertiary/aromatic N) is 2. The Bertz CT molecular complexity index is 642. The Morgan fingerprint density at radius 2 is 1.80 bits per heavy atom. The molecule has 1 heterocycles. The van der Waals surface area contributed by atoms with Crippen molar-refractivity contribution in [3.8, 4) is 0 Å². The van der Waals surface area contributed by atoms with E-state index in [1.165, 1.54) is 6.33 Å². The average molecular weight is 292 g/mol. The van der Waals surface area contributed by atoms with Gasteiger partial charge < -0.3 is 5.73 Å². The normalized spacial score (nSPS) is 11.4. The predicted molar refractivity (Wildman–Crippen MR) is 75.8 cm³/mol. The average Bonchev–Trinajstić information content (AvgIpc) is 2.47. The summed E-state index contributed by atoms with van der Waals surface area (Å²) in [6, 6.07) is 8.86. The van der Waals surface area contributed by atoms with Crippen molar-refractivity contribution < 1.29 is 8.42 Å². The summed E-state index contributed by atoms with van der Waals surface area (Å²) in [5.74, 6) is -0.0665. The van der Waals surface area contributed by atoms with Crippen LogP contribution in [0.25, 0.3) is 0 Å². The summed E-state index contributed by atoms with van der Waals surface area (Å²) in [6.45, 7) is 0.602. The van der Waals surface area contributed by atoms with E-state index >= 15 is 0 Å². The minimum absolute atomic E-state index is 0.0665. The molecule has 0 saturated heterocycles. The van der Waals surface area contributed by atoms with Crippen molar-refractivity contribution in [2.75, 3.05) is 0 Å². The van der Waals surface area contributed by atoms with E-state index in [9.17, 15) is 8.42 Å². The summed E-state index contributed by atoms with van der Waals surface area (Å²) in [5, 5.41) is 0. The first-order chi connectivity index (χ1) is 9.59. The van der Waals surface area contributed by atoms with E-state index in [2.05, 4.69) is 14.7 Å². The van der Waals surface area contributed by atoms with E-state index in [0.717, 1.165) is 11.1 Å². The molecule has 0 atom stereocenters. The third-order valence-electron chi connectivity index (χ3n) is 2.73. The zero-order valence-electron chi connectivity index (χ0n) is 10.9. The van der Waals surface area contributed by atoms with Crippen molar-refractivity contribution in [3.05, 3.63) is 59.7 Å². The number of hydrogen-bond acceptors (Lipinski definition) is 5. The number of sulfonamides is 1. The molecule has 0 radical (unpaired) electrons. The van der Waals surface area contributed by atoms with Crippen molar-refractivity contribution >= 4 is 10.0 Å². The molecule has 1 aromatic carbocycles. The van der Waals surface area contributed by atoms with Gasteiger partial charge >= 0.3 is 0 Å². The first kappa shape index (κ1) is 14.6. The van der Waals surface area contributed by atoms with Crippen LogP contribution >= 0.6 is 0 Å². The quantitative estimate of drug-likeness (QED) is 0.810. The second-order valence-corrected chi connectivity index (χ2v) is 6.11. The van der Waals surface area contributed by atoms with Crippen LogP contribution in [0.2, 0.25) is 0 Å². The smallest absolute Gasteiger partial charge is 0.216 e. The number of rotatable bonds is 6. The molecule has 0 saturated carbocycles. The highest BCUT2D eigenvalue weighted by Gasteiger charge is 2.11. The Morgan fingerprint density at radius 3 is 2.40 bits per heavy atom. The molecule has 2 aromatic rings. The van der Waals surface area contributed by atoms with Crippen molar-refractivity contribution in [2.45, 2.75) is 18.8 Å². The molecular formula is C13H16N4O2S. The molecule has 3 N–H and O–H groups in total. The standard InChI is InChI=1S/C13H16N4O2S/c14-7-11-1-3-12(4-2-11)9-20(18,19)17-8-13-5-6-15-10-16-13/h1-6,10,17H,7-9,14H2. The molecule has 0 aliphatic heterocycles. The van der Waals surface area contributed by atoms with Gasteiger partial charge in [0.15, 0.2) is 0 Å². The van der Waals surface area contributed by atoms with Gasteiger partial charge in [0, 0.05) is 12.7 Å². The van der Waals surface area contributed by atoms with Crippen LogP contribution in [0.4, 0.5) is 0 Å². The van der Waals surface area contributed by atoms with Crippen molar-refractivity contribution in [3.63, 3.8) is 0 Å². The highest BCUT2D eigenvalue weighted by molar-refractivity contribution is 7.88. The van der Waals surface area contributed by atoms with Gasteiger partial charge in [-0.2, -0.15) is 0 Å². The molecule has 0 amide bonds. The SMILES string of the molecule is NCc1ccc(CS(=O)(=O)NCc2ccncn2)cc1. The molecule has 0 fully saturated rings. The van der Waals surface area contributed by atoms with E-state index in [1.807, 2.05) is 12.1 Å². The van der Waals surface area contributed by atoms with Gasteiger partial charge in [0.05, 0.1) is 18.0 Å². The van der Waals surface area contributed by atoms with E-state index in [0.29, 0.717) is 12.2 Å². The van der Waals surface area contributed by atoms with Crippen LogP contribution in [0.15, 0.2) is 42.9 Å². The van der Waals surface area contributed by atoms with Crippen molar-refractivity contribution in [2.24, 2.45) is 5.73 Å². The minimum atomic E-state index is -3.39. The monoisotopic (exact) mass is 292 g/mol. The second-order valence-electron chi connectivity index (χ2n) is 4.30. The molecule has 7 heteroatoms. The Kier molecular flexibility index (Phi) is 4.78. The highest BCUT2D eigenvalue weighted by atomic mass is 32.2. The number of benzene rings is 1. The maximum atomic E-state index is 11.9. The first-order valence-electron chi connectivity index (χ1n) is 6.09. The third kappa shape index (κ3) is 4.37. The van der Waals surface area contributed by atoms with E-state index in [1.54, 1.807) is 24.4 Å². The van der Waals surface area contributed by atoms with Crippen LogP contribution in [0.1, 0.15) is 16.8 Å². The number of nitrogens with two attached hydrogens (primary N) is 1. The topological polar surface area (TPSA) is 98.0 Å². The Labute approximate surface area is 118 Å². The Morgan fingerprint density at radius 1 is 1.10 bits per heavy atom.